The Morgan fingerprint density at radius 3 is 2.32 bits per heavy atom. The molecule has 1 atom stereocenters. The molecule has 3 aromatic carbocycles. The summed E-state index contributed by atoms with van der Waals surface area (Å²) in [5.41, 5.74) is 2.00. The summed E-state index contributed by atoms with van der Waals surface area (Å²) in [5, 5.41) is 7.60. The molecule has 0 spiro atoms. The van der Waals surface area contributed by atoms with E-state index in [9.17, 15) is 14.0 Å². The van der Waals surface area contributed by atoms with Gasteiger partial charge in [-0.05, 0) is 42.8 Å². The standard InChI is InChI=1S/C27H23FN4O2/c1-27(26(34)29-17-19-8-4-2-5-9-19)18-31-24(16-23(30-31)20-10-6-3-7-11-20)25(33)32(27)22-14-12-21(28)13-15-22/h2-16H,17-18H2,1H3,(H,29,34)/t27-/m1/s1. The van der Waals surface area contributed by atoms with Gasteiger partial charge in [0.25, 0.3) is 5.91 Å². The van der Waals surface area contributed by atoms with Crippen LogP contribution >= 0.6 is 0 Å². The van der Waals surface area contributed by atoms with Gasteiger partial charge in [0.1, 0.15) is 17.1 Å². The van der Waals surface area contributed by atoms with Gasteiger partial charge < -0.3 is 5.32 Å². The van der Waals surface area contributed by atoms with E-state index in [0.717, 1.165) is 11.1 Å². The van der Waals surface area contributed by atoms with Gasteiger partial charge >= 0.3 is 0 Å². The fourth-order valence-corrected chi connectivity index (χ4v) is 4.29. The zero-order valence-corrected chi connectivity index (χ0v) is 18.6. The van der Waals surface area contributed by atoms with Gasteiger partial charge in [-0.25, -0.2) is 4.39 Å². The number of nitrogens with zero attached hydrogens (tertiary/aromatic N) is 3. The SMILES string of the molecule is C[C@]1(C(=O)NCc2ccccc2)Cn2nc(-c3ccccc3)cc2C(=O)N1c1ccc(F)cc1. The van der Waals surface area contributed by atoms with Crippen LogP contribution in [0.5, 0.6) is 0 Å². The zero-order chi connectivity index (χ0) is 23.7. The van der Waals surface area contributed by atoms with E-state index in [1.54, 1.807) is 17.7 Å². The predicted octanol–water partition coefficient (Wildman–Crippen LogP) is 4.42. The van der Waals surface area contributed by atoms with E-state index >= 15 is 0 Å². The number of amides is 2. The number of carbonyl (C=O) groups excluding carboxylic acids is 2. The number of halogens is 1. The first-order valence-electron chi connectivity index (χ1n) is 11.0. The molecule has 6 nitrogen and oxygen atoms in total. The summed E-state index contributed by atoms with van der Waals surface area (Å²) in [6, 6.07) is 26.4. The van der Waals surface area contributed by atoms with Crippen molar-refractivity contribution in [1.82, 2.24) is 15.1 Å². The Balaban J connectivity index is 1.54. The highest BCUT2D eigenvalue weighted by Crippen LogP contribution is 2.34. The van der Waals surface area contributed by atoms with Gasteiger partial charge in [-0.15, -0.1) is 0 Å². The van der Waals surface area contributed by atoms with E-state index in [1.807, 2.05) is 60.7 Å². The van der Waals surface area contributed by atoms with Crippen molar-refractivity contribution in [2.24, 2.45) is 0 Å². The number of carbonyl (C=O) groups is 2. The fraction of sp³-hybridized carbons (Fsp3) is 0.148. The third-order valence-electron chi connectivity index (χ3n) is 6.09. The lowest BCUT2D eigenvalue weighted by molar-refractivity contribution is -0.126. The first kappa shape index (κ1) is 21.6. The Morgan fingerprint density at radius 1 is 1.00 bits per heavy atom. The van der Waals surface area contributed by atoms with Crippen molar-refractivity contribution in [2.45, 2.75) is 25.6 Å². The summed E-state index contributed by atoms with van der Waals surface area (Å²) < 4.78 is 15.2. The first-order valence-corrected chi connectivity index (χ1v) is 11.0. The largest absolute Gasteiger partial charge is 0.350 e. The topological polar surface area (TPSA) is 67.2 Å². The monoisotopic (exact) mass is 454 g/mol. The number of rotatable bonds is 5. The maximum atomic E-state index is 13.7. The van der Waals surface area contributed by atoms with Crippen LogP contribution in [0, 0.1) is 5.82 Å². The molecule has 34 heavy (non-hydrogen) atoms. The lowest BCUT2D eigenvalue weighted by Gasteiger charge is -2.43. The fourth-order valence-electron chi connectivity index (χ4n) is 4.29. The summed E-state index contributed by atoms with van der Waals surface area (Å²) in [4.78, 5) is 28.7. The van der Waals surface area contributed by atoms with Crippen LogP contribution in [0.4, 0.5) is 10.1 Å². The van der Waals surface area contributed by atoms with Crippen LogP contribution < -0.4 is 10.2 Å². The van der Waals surface area contributed by atoms with Crippen LogP contribution in [0.15, 0.2) is 91.0 Å². The highest BCUT2D eigenvalue weighted by molar-refractivity contribution is 6.12. The molecule has 1 N–H and O–H groups in total. The van der Waals surface area contributed by atoms with Crippen molar-refractivity contribution >= 4 is 17.5 Å². The molecule has 1 aromatic heterocycles. The van der Waals surface area contributed by atoms with E-state index < -0.39 is 11.4 Å². The lowest BCUT2D eigenvalue weighted by Crippen LogP contribution is -2.64. The Hall–Kier alpha value is -4.26. The van der Waals surface area contributed by atoms with Crippen LogP contribution in [0.25, 0.3) is 11.3 Å². The van der Waals surface area contributed by atoms with Crippen molar-refractivity contribution in [2.75, 3.05) is 4.90 Å². The molecule has 0 fully saturated rings. The summed E-state index contributed by atoms with van der Waals surface area (Å²) in [6.45, 7) is 2.18. The summed E-state index contributed by atoms with van der Waals surface area (Å²) in [7, 11) is 0. The predicted molar refractivity (Wildman–Crippen MR) is 128 cm³/mol. The molecule has 5 rings (SSSR count). The van der Waals surface area contributed by atoms with Crippen LogP contribution in [0.3, 0.4) is 0 Å². The Kier molecular flexibility index (Phi) is 5.45. The second-order valence-electron chi connectivity index (χ2n) is 8.50. The Morgan fingerprint density at radius 2 is 1.65 bits per heavy atom. The van der Waals surface area contributed by atoms with Crippen molar-refractivity contribution in [3.05, 3.63) is 108 Å². The average molecular weight is 455 g/mol. The van der Waals surface area contributed by atoms with Crippen molar-refractivity contribution in [3.63, 3.8) is 0 Å². The van der Waals surface area contributed by atoms with E-state index in [1.165, 1.54) is 29.2 Å². The quantitative estimate of drug-likeness (QED) is 0.485. The normalized spacial score (nSPS) is 17.4. The van der Waals surface area contributed by atoms with Gasteiger partial charge in [0.2, 0.25) is 5.91 Å². The summed E-state index contributed by atoms with van der Waals surface area (Å²) in [5.74, 6) is -1.11. The van der Waals surface area contributed by atoms with E-state index in [4.69, 9.17) is 0 Å². The first-order chi connectivity index (χ1) is 16.5. The molecule has 170 valence electrons. The average Bonchev–Trinajstić information content (AvgIpc) is 3.29. The number of anilines is 1. The molecule has 0 saturated heterocycles. The van der Waals surface area contributed by atoms with Gasteiger partial charge in [-0.1, -0.05) is 60.7 Å². The molecule has 1 aliphatic rings. The van der Waals surface area contributed by atoms with Crippen LogP contribution in [-0.4, -0.2) is 27.1 Å². The molecule has 1 aliphatic heterocycles. The molecule has 2 amide bonds. The highest BCUT2D eigenvalue weighted by Gasteiger charge is 2.48. The maximum Gasteiger partial charge on any atom is 0.277 e. The van der Waals surface area contributed by atoms with Gasteiger partial charge in [0, 0.05) is 17.8 Å². The van der Waals surface area contributed by atoms with Gasteiger partial charge in [0.05, 0.1) is 12.2 Å². The van der Waals surface area contributed by atoms with Crippen LogP contribution in [-0.2, 0) is 17.9 Å². The zero-order valence-electron chi connectivity index (χ0n) is 18.6. The Bertz CT molecular complexity index is 1340. The number of hydrogen-bond donors (Lipinski definition) is 1. The number of nitrogens with one attached hydrogen (secondary N) is 1. The minimum atomic E-state index is -1.28. The molecule has 0 bridgehead atoms. The number of benzene rings is 3. The van der Waals surface area contributed by atoms with E-state index in [2.05, 4.69) is 10.4 Å². The van der Waals surface area contributed by atoms with Crippen molar-refractivity contribution in [1.29, 1.82) is 0 Å². The number of aromatic nitrogens is 2. The van der Waals surface area contributed by atoms with Crippen molar-refractivity contribution in [3.8, 4) is 11.3 Å². The summed E-state index contributed by atoms with van der Waals surface area (Å²) >= 11 is 0. The van der Waals surface area contributed by atoms with Gasteiger partial charge in [-0.3, -0.25) is 19.2 Å². The molecular weight excluding hydrogens is 431 g/mol. The molecule has 0 saturated carbocycles. The van der Waals surface area contributed by atoms with Crippen molar-refractivity contribution < 1.29 is 14.0 Å². The van der Waals surface area contributed by atoms with E-state index in [0.29, 0.717) is 23.6 Å². The lowest BCUT2D eigenvalue weighted by atomic mass is 9.93. The third-order valence-corrected chi connectivity index (χ3v) is 6.09. The van der Waals surface area contributed by atoms with Gasteiger partial charge in [-0.2, -0.15) is 5.10 Å². The van der Waals surface area contributed by atoms with Crippen LogP contribution in [0.1, 0.15) is 23.0 Å². The molecule has 7 heteroatoms. The highest BCUT2D eigenvalue weighted by atomic mass is 19.1. The Labute approximate surface area is 196 Å². The molecule has 0 unspecified atom stereocenters. The number of hydrogen-bond acceptors (Lipinski definition) is 3. The molecule has 2 heterocycles. The minimum Gasteiger partial charge on any atom is -0.350 e. The minimum absolute atomic E-state index is 0.152. The molecule has 0 radical (unpaired) electrons. The summed E-state index contributed by atoms with van der Waals surface area (Å²) in [6.07, 6.45) is 0. The van der Waals surface area contributed by atoms with E-state index in [-0.39, 0.29) is 18.4 Å². The molecule has 4 aromatic rings. The maximum absolute atomic E-state index is 13.7. The van der Waals surface area contributed by atoms with Gasteiger partial charge in [0.15, 0.2) is 0 Å². The second-order valence-corrected chi connectivity index (χ2v) is 8.50. The number of fused-ring (bicyclic) bond motifs is 1. The smallest absolute Gasteiger partial charge is 0.277 e. The molecule has 0 aliphatic carbocycles. The second kappa shape index (κ2) is 8.59. The third kappa shape index (κ3) is 3.85. The van der Waals surface area contributed by atoms with Crippen LogP contribution in [0.2, 0.25) is 0 Å². The molecular formula is C27H23FN4O2.